The lowest BCUT2D eigenvalue weighted by molar-refractivity contribution is -0.129. The highest BCUT2D eigenvalue weighted by molar-refractivity contribution is 9.13. The molecule has 2 rings (SSSR count). The van der Waals surface area contributed by atoms with Gasteiger partial charge in [0.15, 0.2) is 0 Å². The molecule has 4 nitrogen and oxygen atoms in total. The van der Waals surface area contributed by atoms with Gasteiger partial charge >= 0.3 is 0 Å². The molecule has 0 radical (unpaired) electrons. The maximum Gasteiger partial charge on any atom is 0.224 e. The van der Waals surface area contributed by atoms with E-state index in [1.54, 1.807) is 7.11 Å². The van der Waals surface area contributed by atoms with E-state index >= 15 is 0 Å². The lowest BCUT2D eigenvalue weighted by atomic mass is 10.0. The molecule has 1 fully saturated rings. The van der Waals surface area contributed by atoms with Gasteiger partial charge in [-0.1, -0.05) is 6.07 Å². The third-order valence-corrected chi connectivity index (χ3v) is 5.17. The number of carbonyl (C=O) groups is 1. The first-order valence-corrected chi connectivity index (χ1v) is 7.62. The van der Waals surface area contributed by atoms with Gasteiger partial charge in [-0.25, -0.2) is 0 Å². The van der Waals surface area contributed by atoms with Crippen LogP contribution in [0.1, 0.15) is 18.0 Å². The Morgan fingerprint density at radius 3 is 2.79 bits per heavy atom. The summed E-state index contributed by atoms with van der Waals surface area (Å²) in [6.45, 7) is 1.09. The van der Waals surface area contributed by atoms with Crippen LogP contribution in [-0.4, -0.2) is 37.1 Å². The molecular formula is C13H16Br2N2O2. The quantitative estimate of drug-likeness (QED) is 0.857. The molecule has 0 spiro atoms. The molecule has 0 aliphatic carbocycles. The van der Waals surface area contributed by atoms with Gasteiger partial charge in [0.25, 0.3) is 0 Å². The number of hydrogen-bond donors (Lipinski definition) is 1. The molecule has 1 amide bonds. The van der Waals surface area contributed by atoms with Gasteiger partial charge in [0.2, 0.25) is 5.91 Å². The van der Waals surface area contributed by atoms with Crippen LogP contribution in [0.25, 0.3) is 0 Å². The molecule has 2 atom stereocenters. The molecule has 0 aromatic heterocycles. The van der Waals surface area contributed by atoms with Crippen molar-refractivity contribution in [2.24, 2.45) is 5.73 Å². The van der Waals surface area contributed by atoms with Gasteiger partial charge in [0.1, 0.15) is 0 Å². The number of halogens is 2. The Balaban J connectivity index is 2.28. The third kappa shape index (κ3) is 3.18. The van der Waals surface area contributed by atoms with Crippen LogP contribution < -0.4 is 5.73 Å². The van der Waals surface area contributed by atoms with Crippen molar-refractivity contribution >= 4 is 37.8 Å². The second-order valence-electron chi connectivity index (χ2n) is 4.57. The van der Waals surface area contributed by atoms with Crippen molar-refractivity contribution in [3.63, 3.8) is 0 Å². The maximum atomic E-state index is 12.0. The molecule has 0 bridgehead atoms. The average Bonchev–Trinajstić information content (AvgIpc) is 2.65. The first-order valence-electron chi connectivity index (χ1n) is 6.03. The monoisotopic (exact) mass is 390 g/mol. The van der Waals surface area contributed by atoms with E-state index in [0.29, 0.717) is 19.6 Å². The summed E-state index contributed by atoms with van der Waals surface area (Å²) in [5, 5.41) is 0. The average molecular weight is 392 g/mol. The minimum Gasteiger partial charge on any atom is -0.383 e. The Hall–Kier alpha value is -0.430. The molecule has 104 valence electrons. The first-order chi connectivity index (χ1) is 9.04. The first kappa shape index (κ1) is 15.0. The van der Waals surface area contributed by atoms with E-state index in [-0.39, 0.29) is 18.0 Å². The van der Waals surface area contributed by atoms with Crippen LogP contribution in [0.2, 0.25) is 0 Å². The Labute approximate surface area is 129 Å². The molecule has 1 heterocycles. The molecule has 1 saturated heterocycles. The van der Waals surface area contributed by atoms with Crippen LogP contribution in [0, 0.1) is 0 Å². The number of methoxy groups -OCH3 is 1. The molecule has 6 heteroatoms. The summed E-state index contributed by atoms with van der Waals surface area (Å²) in [7, 11) is 1.63. The van der Waals surface area contributed by atoms with Crippen molar-refractivity contribution in [1.82, 2.24) is 4.90 Å². The summed E-state index contributed by atoms with van der Waals surface area (Å²) < 4.78 is 7.01. The normalized spacial score (nSPS) is 23.2. The Kier molecular flexibility index (Phi) is 5.00. The second kappa shape index (κ2) is 6.35. The van der Waals surface area contributed by atoms with E-state index in [1.165, 1.54) is 0 Å². The zero-order chi connectivity index (χ0) is 14.0. The smallest absolute Gasteiger partial charge is 0.224 e. The van der Waals surface area contributed by atoms with Crippen molar-refractivity contribution in [2.75, 3.05) is 20.3 Å². The van der Waals surface area contributed by atoms with Gasteiger partial charge in [0, 0.05) is 35.1 Å². The molecular weight excluding hydrogens is 376 g/mol. The van der Waals surface area contributed by atoms with E-state index < -0.39 is 0 Å². The lowest BCUT2D eigenvalue weighted by Crippen LogP contribution is -2.35. The summed E-state index contributed by atoms with van der Waals surface area (Å²) in [5.41, 5.74) is 7.17. The molecule has 1 aromatic rings. The molecule has 1 aliphatic heterocycles. The lowest BCUT2D eigenvalue weighted by Gasteiger charge is -2.27. The standard InChI is InChI=1S/C13H16Br2N2O2/c1-19-5-4-17-12(18)7-11(16)13(17)8-2-3-9(14)10(15)6-8/h2-3,6,11,13H,4-5,7,16H2,1H3. The number of carbonyl (C=O) groups excluding carboxylic acids is 1. The molecule has 2 N–H and O–H groups in total. The zero-order valence-corrected chi connectivity index (χ0v) is 13.8. The SMILES string of the molecule is COCCN1C(=O)CC(N)C1c1ccc(Br)c(Br)c1. The summed E-state index contributed by atoms with van der Waals surface area (Å²) in [4.78, 5) is 13.8. The number of likely N-dealkylation sites (tertiary alicyclic amines) is 1. The van der Waals surface area contributed by atoms with Crippen molar-refractivity contribution in [3.8, 4) is 0 Å². The van der Waals surface area contributed by atoms with Crippen molar-refractivity contribution in [1.29, 1.82) is 0 Å². The summed E-state index contributed by atoms with van der Waals surface area (Å²) in [6, 6.07) is 5.72. The molecule has 0 saturated carbocycles. The highest BCUT2D eigenvalue weighted by Gasteiger charge is 2.38. The molecule has 1 aliphatic rings. The fraction of sp³-hybridized carbons (Fsp3) is 0.462. The second-order valence-corrected chi connectivity index (χ2v) is 6.27. The number of benzene rings is 1. The molecule has 19 heavy (non-hydrogen) atoms. The number of nitrogens with two attached hydrogens (primary N) is 1. The van der Waals surface area contributed by atoms with Crippen LogP contribution in [-0.2, 0) is 9.53 Å². The van der Waals surface area contributed by atoms with Crippen molar-refractivity contribution < 1.29 is 9.53 Å². The summed E-state index contributed by atoms with van der Waals surface area (Å²) in [5.74, 6) is 0.0913. The highest BCUT2D eigenvalue weighted by atomic mass is 79.9. The fourth-order valence-electron chi connectivity index (χ4n) is 2.39. The van der Waals surface area contributed by atoms with Crippen LogP contribution in [0.4, 0.5) is 0 Å². The number of hydrogen-bond acceptors (Lipinski definition) is 3. The van der Waals surface area contributed by atoms with Crippen LogP contribution in [0.3, 0.4) is 0 Å². The Bertz CT molecular complexity index is 482. The van der Waals surface area contributed by atoms with E-state index in [2.05, 4.69) is 31.9 Å². The Morgan fingerprint density at radius 2 is 2.16 bits per heavy atom. The minimum absolute atomic E-state index is 0.0768. The third-order valence-electron chi connectivity index (χ3n) is 3.29. The predicted molar refractivity (Wildman–Crippen MR) is 80.8 cm³/mol. The zero-order valence-electron chi connectivity index (χ0n) is 10.6. The van der Waals surface area contributed by atoms with Gasteiger partial charge in [-0.2, -0.15) is 0 Å². The number of amides is 1. The van der Waals surface area contributed by atoms with Crippen molar-refractivity contribution in [2.45, 2.75) is 18.5 Å². The predicted octanol–water partition coefficient (Wildman–Crippen LogP) is 2.46. The number of rotatable bonds is 4. The Morgan fingerprint density at radius 1 is 1.42 bits per heavy atom. The van der Waals surface area contributed by atoms with Gasteiger partial charge in [-0.15, -0.1) is 0 Å². The van der Waals surface area contributed by atoms with Crippen LogP contribution in [0.15, 0.2) is 27.1 Å². The minimum atomic E-state index is -0.169. The summed E-state index contributed by atoms with van der Waals surface area (Å²) >= 11 is 6.93. The van der Waals surface area contributed by atoms with E-state index in [1.807, 2.05) is 23.1 Å². The molecule has 1 aromatic carbocycles. The van der Waals surface area contributed by atoms with Gasteiger partial charge in [0.05, 0.1) is 12.6 Å². The number of nitrogens with zero attached hydrogens (tertiary/aromatic N) is 1. The topological polar surface area (TPSA) is 55.6 Å². The number of ether oxygens (including phenoxy) is 1. The molecule has 2 unspecified atom stereocenters. The van der Waals surface area contributed by atoms with Gasteiger partial charge in [-0.05, 0) is 49.6 Å². The van der Waals surface area contributed by atoms with Crippen molar-refractivity contribution in [3.05, 3.63) is 32.7 Å². The highest BCUT2D eigenvalue weighted by Crippen LogP contribution is 2.35. The summed E-state index contributed by atoms with van der Waals surface area (Å²) in [6.07, 6.45) is 0.391. The van der Waals surface area contributed by atoms with E-state index in [4.69, 9.17) is 10.5 Å². The largest absolute Gasteiger partial charge is 0.383 e. The van der Waals surface area contributed by atoms with E-state index in [9.17, 15) is 4.79 Å². The fourth-order valence-corrected chi connectivity index (χ4v) is 3.04. The van der Waals surface area contributed by atoms with Gasteiger partial charge in [-0.3, -0.25) is 4.79 Å². The van der Waals surface area contributed by atoms with Crippen LogP contribution >= 0.6 is 31.9 Å². The maximum absolute atomic E-state index is 12.0. The van der Waals surface area contributed by atoms with Gasteiger partial charge < -0.3 is 15.4 Å². The van der Waals surface area contributed by atoms with Crippen LogP contribution in [0.5, 0.6) is 0 Å². The van der Waals surface area contributed by atoms with E-state index in [0.717, 1.165) is 14.5 Å².